The van der Waals surface area contributed by atoms with Gasteiger partial charge in [-0.15, -0.1) is 0 Å². The van der Waals surface area contributed by atoms with E-state index in [9.17, 15) is 0 Å². The summed E-state index contributed by atoms with van der Waals surface area (Å²) in [5.74, 6) is 0.620. The van der Waals surface area contributed by atoms with Crippen molar-refractivity contribution in [3.63, 3.8) is 0 Å². The molecule has 0 amide bonds. The van der Waals surface area contributed by atoms with Gasteiger partial charge in [0.05, 0.1) is 6.61 Å². The van der Waals surface area contributed by atoms with Gasteiger partial charge in [0.25, 0.3) is 0 Å². The number of ether oxygens (including phenoxy) is 1. The van der Waals surface area contributed by atoms with E-state index in [-0.39, 0.29) is 0 Å². The highest BCUT2D eigenvalue weighted by atomic mass is 16.5. The Morgan fingerprint density at radius 2 is 2.19 bits per heavy atom. The van der Waals surface area contributed by atoms with Gasteiger partial charge in [0, 0.05) is 25.8 Å². The summed E-state index contributed by atoms with van der Waals surface area (Å²) < 4.78 is 5.62. The average Bonchev–Trinajstić information content (AvgIpc) is 2.26. The molecule has 1 aliphatic heterocycles. The summed E-state index contributed by atoms with van der Waals surface area (Å²) in [5.41, 5.74) is 0. The number of hydrogen-bond acceptors (Lipinski definition) is 3. The zero-order chi connectivity index (χ0) is 11.8. The first kappa shape index (κ1) is 13.9. The predicted octanol–water partition coefficient (Wildman–Crippen LogP) is 1.90. The van der Waals surface area contributed by atoms with Crippen LogP contribution in [0.1, 0.15) is 39.5 Å². The Bertz CT molecular complexity index is 171. The molecule has 0 aromatic rings. The van der Waals surface area contributed by atoms with E-state index in [2.05, 4.69) is 18.7 Å². The number of piperidine rings is 1. The van der Waals surface area contributed by atoms with Crippen LogP contribution in [0.2, 0.25) is 0 Å². The van der Waals surface area contributed by atoms with E-state index in [0.717, 1.165) is 26.2 Å². The average molecular weight is 229 g/mol. The van der Waals surface area contributed by atoms with Crippen LogP contribution >= 0.6 is 0 Å². The number of hydrogen-bond donors (Lipinski definition) is 1. The van der Waals surface area contributed by atoms with Gasteiger partial charge < -0.3 is 9.84 Å². The molecule has 16 heavy (non-hydrogen) atoms. The maximum absolute atomic E-state index is 9.02. The molecule has 0 aromatic heterocycles. The van der Waals surface area contributed by atoms with Gasteiger partial charge in [-0.3, -0.25) is 4.90 Å². The number of aliphatic hydroxyl groups is 1. The second-order valence-corrected chi connectivity index (χ2v) is 5.17. The minimum atomic E-state index is 0.314. The van der Waals surface area contributed by atoms with E-state index in [1.807, 2.05) is 0 Å². The molecule has 1 atom stereocenters. The lowest BCUT2D eigenvalue weighted by Crippen LogP contribution is -2.42. The molecule has 1 N–H and O–H groups in total. The minimum absolute atomic E-state index is 0.314. The van der Waals surface area contributed by atoms with Crippen molar-refractivity contribution in [2.45, 2.75) is 45.6 Å². The zero-order valence-corrected chi connectivity index (χ0v) is 10.8. The van der Waals surface area contributed by atoms with Gasteiger partial charge in [0.15, 0.2) is 0 Å². The smallest absolute Gasteiger partial charge is 0.0593 e. The summed E-state index contributed by atoms with van der Waals surface area (Å²) in [7, 11) is 0. The monoisotopic (exact) mass is 229 g/mol. The first-order valence-electron chi connectivity index (χ1n) is 6.66. The SMILES string of the molecule is CC(C)COCCN1CCCCC1CCO. The Morgan fingerprint density at radius 3 is 2.88 bits per heavy atom. The Morgan fingerprint density at radius 1 is 1.38 bits per heavy atom. The number of aliphatic hydroxyl groups excluding tert-OH is 1. The number of likely N-dealkylation sites (tertiary alicyclic amines) is 1. The molecule has 0 saturated carbocycles. The molecule has 3 nitrogen and oxygen atoms in total. The normalized spacial score (nSPS) is 22.9. The van der Waals surface area contributed by atoms with Gasteiger partial charge in [0.2, 0.25) is 0 Å². The Labute approximate surface area is 99.8 Å². The summed E-state index contributed by atoms with van der Waals surface area (Å²) in [6.07, 6.45) is 4.77. The van der Waals surface area contributed by atoms with Gasteiger partial charge in [-0.1, -0.05) is 20.3 Å². The second kappa shape index (κ2) is 8.04. The second-order valence-electron chi connectivity index (χ2n) is 5.17. The molecule has 1 saturated heterocycles. The summed E-state index contributed by atoms with van der Waals surface area (Å²) in [4.78, 5) is 2.49. The molecule has 0 aromatic carbocycles. The molecule has 0 aliphatic carbocycles. The van der Waals surface area contributed by atoms with Crippen LogP contribution in [0, 0.1) is 5.92 Å². The van der Waals surface area contributed by atoms with Crippen molar-refractivity contribution < 1.29 is 9.84 Å². The summed E-state index contributed by atoms with van der Waals surface area (Å²) in [6, 6.07) is 0.585. The van der Waals surface area contributed by atoms with Gasteiger partial charge in [-0.2, -0.15) is 0 Å². The Balaban J connectivity index is 2.16. The predicted molar refractivity (Wildman–Crippen MR) is 66.6 cm³/mol. The third-order valence-corrected chi connectivity index (χ3v) is 3.19. The van der Waals surface area contributed by atoms with Crippen LogP contribution in [0.3, 0.4) is 0 Å². The van der Waals surface area contributed by atoms with Gasteiger partial charge in [-0.25, -0.2) is 0 Å². The van der Waals surface area contributed by atoms with Crippen molar-refractivity contribution in [2.75, 3.05) is 32.9 Å². The third-order valence-electron chi connectivity index (χ3n) is 3.19. The lowest BCUT2D eigenvalue weighted by molar-refractivity contribution is 0.0531. The van der Waals surface area contributed by atoms with E-state index in [4.69, 9.17) is 9.84 Å². The topological polar surface area (TPSA) is 32.7 Å². The van der Waals surface area contributed by atoms with Gasteiger partial charge in [-0.05, 0) is 31.7 Å². The van der Waals surface area contributed by atoms with Crippen LogP contribution in [0.15, 0.2) is 0 Å². The fraction of sp³-hybridized carbons (Fsp3) is 1.00. The van der Waals surface area contributed by atoms with E-state index in [1.165, 1.54) is 25.8 Å². The molecule has 1 unspecified atom stereocenters. The van der Waals surface area contributed by atoms with Crippen molar-refractivity contribution in [3.8, 4) is 0 Å². The van der Waals surface area contributed by atoms with Crippen LogP contribution in [0.5, 0.6) is 0 Å². The molecule has 0 spiro atoms. The molecule has 1 rings (SSSR count). The van der Waals surface area contributed by atoms with E-state index in [1.54, 1.807) is 0 Å². The van der Waals surface area contributed by atoms with Crippen LogP contribution in [-0.4, -0.2) is 49.0 Å². The van der Waals surface area contributed by atoms with E-state index in [0.29, 0.717) is 18.6 Å². The lowest BCUT2D eigenvalue weighted by Gasteiger charge is -2.35. The first-order chi connectivity index (χ1) is 7.74. The highest BCUT2D eigenvalue weighted by Crippen LogP contribution is 2.18. The maximum Gasteiger partial charge on any atom is 0.0593 e. The highest BCUT2D eigenvalue weighted by Gasteiger charge is 2.21. The lowest BCUT2D eigenvalue weighted by atomic mass is 10.00. The highest BCUT2D eigenvalue weighted by molar-refractivity contribution is 4.76. The van der Waals surface area contributed by atoms with Crippen molar-refractivity contribution in [2.24, 2.45) is 5.92 Å². The molecule has 1 fully saturated rings. The molecule has 96 valence electrons. The summed E-state index contributed by atoms with van der Waals surface area (Å²) >= 11 is 0. The molecular formula is C13H27NO2. The van der Waals surface area contributed by atoms with Crippen molar-refractivity contribution >= 4 is 0 Å². The van der Waals surface area contributed by atoms with Crippen LogP contribution in [-0.2, 0) is 4.74 Å². The van der Waals surface area contributed by atoms with Crippen molar-refractivity contribution in [3.05, 3.63) is 0 Å². The Kier molecular flexibility index (Phi) is 7.01. The molecule has 3 heteroatoms. The fourth-order valence-corrected chi connectivity index (χ4v) is 2.33. The largest absolute Gasteiger partial charge is 0.396 e. The van der Waals surface area contributed by atoms with Crippen LogP contribution in [0.4, 0.5) is 0 Å². The van der Waals surface area contributed by atoms with Crippen LogP contribution < -0.4 is 0 Å². The van der Waals surface area contributed by atoms with Crippen molar-refractivity contribution in [1.29, 1.82) is 0 Å². The van der Waals surface area contributed by atoms with Crippen LogP contribution in [0.25, 0.3) is 0 Å². The first-order valence-corrected chi connectivity index (χ1v) is 6.66. The molecule has 1 heterocycles. The molecule has 0 bridgehead atoms. The maximum atomic E-state index is 9.02. The summed E-state index contributed by atoms with van der Waals surface area (Å²) in [5, 5.41) is 9.02. The quantitative estimate of drug-likeness (QED) is 0.677. The zero-order valence-electron chi connectivity index (χ0n) is 10.8. The van der Waals surface area contributed by atoms with E-state index < -0.39 is 0 Å². The van der Waals surface area contributed by atoms with Crippen molar-refractivity contribution in [1.82, 2.24) is 4.90 Å². The summed E-state index contributed by atoms with van der Waals surface area (Å²) in [6.45, 7) is 8.56. The minimum Gasteiger partial charge on any atom is -0.396 e. The Hall–Kier alpha value is -0.120. The molecule has 1 aliphatic rings. The third kappa shape index (κ3) is 5.28. The van der Waals surface area contributed by atoms with Gasteiger partial charge in [0.1, 0.15) is 0 Å². The molecule has 0 radical (unpaired) electrons. The van der Waals surface area contributed by atoms with Gasteiger partial charge >= 0.3 is 0 Å². The fourth-order valence-electron chi connectivity index (χ4n) is 2.33. The standard InChI is InChI=1S/C13H27NO2/c1-12(2)11-16-10-8-14-7-4-3-5-13(14)6-9-15/h12-13,15H,3-11H2,1-2H3. The number of nitrogens with zero attached hydrogens (tertiary/aromatic N) is 1. The number of rotatable bonds is 7. The van der Waals surface area contributed by atoms with E-state index >= 15 is 0 Å². The molecular weight excluding hydrogens is 202 g/mol.